The lowest BCUT2D eigenvalue weighted by Crippen LogP contribution is -2.39. The monoisotopic (exact) mass is 417 g/mol. The third-order valence-electron chi connectivity index (χ3n) is 4.33. The second kappa shape index (κ2) is 7.75. The van der Waals surface area contributed by atoms with Crippen LogP contribution in [0.3, 0.4) is 0 Å². The average molecular weight is 417 g/mol. The summed E-state index contributed by atoms with van der Waals surface area (Å²) < 4.78 is 5.41. The fourth-order valence-corrected chi connectivity index (χ4v) is 4.33. The summed E-state index contributed by atoms with van der Waals surface area (Å²) in [6.45, 7) is 6.03. The summed E-state index contributed by atoms with van der Waals surface area (Å²) in [7, 11) is 0. The van der Waals surface area contributed by atoms with Gasteiger partial charge in [0.25, 0.3) is 11.8 Å². The third kappa shape index (κ3) is 4.51. The number of anilines is 1. The lowest BCUT2D eigenvalue weighted by Gasteiger charge is -2.30. The molecule has 3 amide bonds. The summed E-state index contributed by atoms with van der Waals surface area (Å²) in [5.41, 5.74) is 6.02. The van der Waals surface area contributed by atoms with E-state index in [-0.39, 0.29) is 23.4 Å². The van der Waals surface area contributed by atoms with Crippen LogP contribution in [0, 0.1) is 0 Å². The number of hydrogen-bond acceptors (Lipinski definition) is 6. The second-order valence-electron chi connectivity index (χ2n) is 7.70. The average Bonchev–Trinajstić information content (AvgIpc) is 2.97. The number of carbonyl (C=O) groups excluding carboxylic acids is 3. The molecule has 1 aromatic heterocycles. The number of carbonyl (C=O) groups is 3. The van der Waals surface area contributed by atoms with E-state index in [0.29, 0.717) is 18.0 Å². The van der Waals surface area contributed by atoms with Gasteiger partial charge in [0.05, 0.1) is 17.7 Å². The van der Waals surface area contributed by atoms with Crippen LogP contribution in [0.4, 0.5) is 9.80 Å². The third-order valence-corrected chi connectivity index (χ3v) is 5.46. The van der Waals surface area contributed by atoms with Gasteiger partial charge in [-0.2, -0.15) is 0 Å². The summed E-state index contributed by atoms with van der Waals surface area (Å²) >= 11 is 1.19. The molecule has 0 bridgehead atoms. The van der Waals surface area contributed by atoms with E-state index in [1.165, 1.54) is 23.5 Å². The molecule has 29 heavy (non-hydrogen) atoms. The maximum Gasteiger partial charge on any atom is 0.410 e. The smallest absolute Gasteiger partial charge is 0.410 e. The van der Waals surface area contributed by atoms with Gasteiger partial charge in [-0.25, -0.2) is 4.79 Å². The molecule has 0 atom stereocenters. The zero-order chi connectivity index (χ0) is 21.3. The first-order valence-electron chi connectivity index (χ1n) is 9.08. The van der Waals surface area contributed by atoms with Crippen molar-refractivity contribution in [2.45, 2.75) is 39.3 Å². The van der Waals surface area contributed by atoms with E-state index in [1.807, 2.05) is 0 Å². The summed E-state index contributed by atoms with van der Waals surface area (Å²) in [4.78, 5) is 39.3. The highest BCUT2D eigenvalue weighted by atomic mass is 32.1. The van der Waals surface area contributed by atoms with Gasteiger partial charge in [0.1, 0.15) is 16.4 Å². The predicted octanol–water partition coefficient (Wildman–Crippen LogP) is 3.10. The topological polar surface area (TPSA) is 122 Å². The van der Waals surface area contributed by atoms with Gasteiger partial charge in [-0.1, -0.05) is 12.1 Å². The highest BCUT2D eigenvalue weighted by Gasteiger charge is 2.31. The Morgan fingerprint density at radius 3 is 2.55 bits per heavy atom. The first-order valence-corrected chi connectivity index (χ1v) is 9.90. The van der Waals surface area contributed by atoms with Crippen molar-refractivity contribution in [2.24, 2.45) is 5.73 Å². The van der Waals surface area contributed by atoms with E-state index in [0.717, 1.165) is 10.4 Å². The summed E-state index contributed by atoms with van der Waals surface area (Å²) in [5.74, 6) is -1.36. The Balaban J connectivity index is 1.86. The number of ether oxygens (including phenoxy) is 1. The van der Waals surface area contributed by atoms with Crippen LogP contribution in [0.1, 0.15) is 51.9 Å². The molecule has 0 spiro atoms. The van der Waals surface area contributed by atoms with Crippen LogP contribution in [0.5, 0.6) is 5.75 Å². The van der Waals surface area contributed by atoms with E-state index < -0.39 is 23.5 Å². The molecule has 3 rings (SSSR count). The van der Waals surface area contributed by atoms with Crippen molar-refractivity contribution in [3.8, 4) is 5.75 Å². The van der Waals surface area contributed by atoms with Crippen LogP contribution in [0.25, 0.3) is 0 Å². The molecule has 1 aliphatic heterocycles. The second-order valence-corrected chi connectivity index (χ2v) is 8.80. The molecule has 8 nitrogen and oxygen atoms in total. The largest absolute Gasteiger partial charge is 0.507 e. The van der Waals surface area contributed by atoms with Gasteiger partial charge in [0.2, 0.25) is 0 Å². The number of rotatable bonds is 3. The standard InChI is InChI=1S/C20H23N3O5S/c1-20(2,3)28-19(27)23-9-8-12-14(10-23)29-18(15(12)16(21)25)22-17(26)11-6-4-5-7-13(11)24/h4-7,24H,8-10H2,1-3H3,(H2,21,25)(H,22,26). The number of nitrogens with one attached hydrogen (secondary N) is 1. The van der Waals surface area contributed by atoms with Crippen molar-refractivity contribution < 1.29 is 24.2 Å². The van der Waals surface area contributed by atoms with Gasteiger partial charge in [0, 0.05) is 11.4 Å². The number of phenolic OH excluding ortho intramolecular Hbond substituents is 1. The normalized spacial score (nSPS) is 13.6. The van der Waals surface area contributed by atoms with Crippen molar-refractivity contribution in [2.75, 3.05) is 11.9 Å². The van der Waals surface area contributed by atoms with Crippen LogP contribution in [0.15, 0.2) is 24.3 Å². The molecule has 0 unspecified atom stereocenters. The SMILES string of the molecule is CC(C)(C)OC(=O)N1CCc2c(sc(NC(=O)c3ccccc3O)c2C(N)=O)C1. The molecule has 2 heterocycles. The van der Waals surface area contributed by atoms with E-state index >= 15 is 0 Å². The van der Waals surface area contributed by atoms with Gasteiger partial charge >= 0.3 is 6.09 Å². The first kappa shape index (κ1) is 20.7. The molecule has 0 saturated carbocycles. The van der Waals surface area contributed by atoms with Crippen LogP contribution in [0.2, 0.25) is 0 Å². The number of primary amides is 1. The van der Waals surface area contributed by atoms with E-state index in [1.54, 1.807) is 37.8 Å². The molecule has 154 valence electrons. The lowest BCUT2D eigenvalue weighted by atomic mass is 10.0. The number of nitrogens with two attached hydrogens (primary N) is 1. The van der Waals surface area contributed by atoms with Crippen LogP contribution in [-0.2, 0) is 17.7 Å². The fraction of sp³-hybridized carbons (Fsp3) is 0.350. The lowest BCUT2D eigenvalue weighted by molar-refractivity contribution is 0.0226. The minimum atomic E-state index is -0.652. The Labute approximate surface area is 172 Å². The van der Waals surface area contributed by atoms with Crippen molar-refractivity contribution in [1.29, 1.82) is 0 Å². The van der Waals surface area contributed by atoms with Gasteiger partial charge in [-0.05, 0) is 44.9 Å². The molecular formula is C20H23N3O5S. The van der Waals surface area contributed by atoms with E-state index in [4.69, 9.17) is 10.5 Å². The molecule has 9 heteroatoms. The molecule has 0 fully saturated rings. The maximum absolute atomic E-state index is 12.6. The highest BCUT2D eigenvalue weighted by molar-refractivity contribution is 7.17. The van der Waals surface area contributed by atoms with Crippen molar-refractivity contribution in [1.82, 2.24) is 4.90 Å². The summed E-state index contributed by atoms with van der Waals surface area (Å²) in [6.07, 6.45) is -0.00697. The Morgan fingerprint density at radius 1 is 1.24 bits per heavy atom. The first-order chi connectivity index (χ1) is 13.6. The number of thiophene rings is 1. The zero-order valence-electron chi connectivity index (χ0n) is 16.4. The van der Waals surface area contributed by atoms with Crippen LogP contribution >= 0.6 is 11.3 Å². The molecule has 4 N–H and O–H groups in total. The van der Waals surface area contributed by atoms with Gasteiger partial charge in [0.15, 0.2) is 0 Å². The Bertz CT molecular complexity index is 977. The molecule has 2 aromatic rings. The van der Waals surface area contributed by atoms with Crippen LogP contribution < -0.4 is 11.1 Å². The number of nitrogens with zero attached hydrogens (tertiary/aromatic N) is 1. The number of hydrogen-bond donors (Lipinski definition) is 3. The minimum Gasteiger partial charge on any atom is -0.507 e. The van der Waals surface area contributed by atoms with E-state index in [9.17, 15) is 19.5 Å². The number of benzene rings is 1. The fourth-order valence-electron chi connectivity index (χ4n) is 3.07. The zero-order valence-corrected chi connectivity index (χ0v) is 17.3. The number of fused-ring (bicyclic) bond motifs is 1. The number of aromatic hydroxyl groups is 1. The van der Waals surface area contributed by atoms with Gasteiger partial charge < -0.3 is 25.8 Å². The molecule has 0 saturated heterocycles. The molecular weight excluding hydrogens is 394 g/mol. The van der Waals surface area contributed by atoms with Crippen molar-refractivity contribution in [3.05, 3.63) is 45.8 Å². The summed E-state index contributed by atoms with van der Waals surface area (Å²) in [6, 6.07) is 6.12. The van der Waals surface area contributed by atoms with Crippen LogP contribution in [-0.4, -0.2) is 40.1 Å². The molecule has 1 aromatic carbocycles. The molecule has 0 radical (unpaired) electrons. The Hall–Kier alpha value is -3.07. The highest BCUT2D eigenvalue weighted by Crippen LogP contribution is 2.37. The summed E-state index contributed by atoms with van der Waals surface area (Å²) in [5, 5.41) is 12.9. The predicted molar refractivity (Wildman–Crippen MR) is 109 cm³/mol. The molecule has 0 aliphatic carbocycles. The molecule has 1 aliphatic rings. The van der Waals surface area contributed by atoms with Crippen molar-refractivity contribution >= 4 is 34.2 Å². The number of phenols is 1. The van der Waals surface area contributed by atoms with Gasteiger partial charge in [-0.3, -0.25) is 9.59 Å². The number of para-hydroxylation sites is 1. The minimum absolute atomic E-state index is 0.0877. The quantitative estimate of drug-likeness (QED) is 0.708. The van der Waals surface area contributed by atoms with Crippen molar-refractivity contribution in [3.63, 3.8) is 0 Å². The Morgan fingerprint density at radius 2 is 1.93 bits per heavy atom. The van der Waals surface area contributed by atoms with E-state index in [2.05, 4.69) is 5.32 Å². The number of amides is 3. The van der Waals surface area contributed by atoms with Gasteiger partial charge in [-0.15, -0.1) is 11.3 Å². The maximum atomic E-state index is 12.6. The Kier molecular flexibility index (Phi) is 5.52.